The molecular formula is C22H15ClF4N2O2S2. The summed E-state index contributed by atoms with van der Waals surface area (Å²) in [5.74, 6) is -0.494. The van der Waals surface area contributed by atoms with E-state index in [0.717, 1.165) is 21.1 Å². The molecule has 4 aromatic rings. The number of benzene rings is 3. The largest absolute Gasteiger partial charge is 0.417 e. The van der Waals surface area contributed by atoms with Crippen molar-refractivity contribution in [1.29, 1.82) is 0 Å². The Morgan fingerprint density at radius 2 is 1.67 bits per heavy atom. The quantitative estimate of drug-likeness (QED) is 0.276. The average Bonchev–Trinajstić information content (AvgIpc) is 3.16. The molecule has 0 saturated heterocycles. The van der Waals surface area contributed by atoms with Crippen molar-refractivity contribution in [2.24, 2.45) is 0 Å². The van der Waals surface area contributed by atoms with E-state index in [1.165, 1.54) is 35.6 Å². The van der Waals surface area contributed by atoms with Crippen LogP contribution in [0.25, 0.3) is 10.2 Å². The minimum Gasteiger partial charge on any atom is -0.240 e. The molecule has 11 heteroatoms. The minimum atomic E-state index is -4.82. The summed E-state index contributed by atoms with van der Waals surface area (Å²) >= 11 is 6.94. The molecule has 4 nitrogen and oxygen atoms in total. The lowest BCUT2D eigenvalue weighted by molar-refractivity contribution is -0.137. The van der Waals surface area contributed by atoms with Crippen LogP contribution in [0, 0.1) is 5.82 Å². The van der Waals surface area contributed by atoms with Crippen LogP contribution in [0.2, 0.25) is 5.02 Å². The molecule has 3 aromatic carbocycles. The van der Waals surface area contributed by atoms with Crippen LogP contribution < -0.4 is 0 Å². The molecule has 0 fully saturated rings. The molecule has 0 aliphatic carbocycles. The third-order valence-electron chi connectivity index (χ3n) is 4.80. The molecule has 4 rings (SSSR count). The Kier molecular flexibility index (Phi) is 6.45. The van der Waals surface area contributed by atoms with Crippen molar-refractivity contribution >= 4 is 43.2 Å². The van der Waals surface area contributed by atoms with Gasteiger partial charge in [0, 0.05) is 6.54 Å². The van der Waals surface area contributed by atoms with Crippen molar-refractivity contribution in [3.63, 3.8) is 0 Å². The number of hydrogen-bond donors (Lipinski definition) is 0. The molecule has 33 heavy (non-hydrogen) atoms. The first kappa shape index (κ1) is 23.6. The highest BCUT2D eigenvalue weighted by atomic mass is 35.5. The maximum atomic E-state index is 13.4. The lowest BCUT2D eigenvalue weighted by Gasteiger charge is -2.22. The fraction of sp³-hybridized carbons (Fsp3) is 0.136. The number of hydrogen-bond acceptors (Lipinski definition) is 4. The SMILES string of the molecule is O=S(=O)(c1ccc(Cl)c(C(F)(F)F)c1)N(Cc1ccc(F)cc1)Cc1nc2ccccc2s1. The van der Waals surface area contributed by atoms with Gasteiger partial charge in [-0.25, -0.2) is 17.8 Å². The van der Waals surface area contributed by atoms with Crippen LogP contribution in [-0.2, 0) is 29.3 Å². The summed E-state index contributed by atoms with van der Waals surface area (Å²) in [6.45, 7) is -0.369. The molecule has 0 radical (unpaired) electrons. The van der Waals surface area contributed by atoms with Crippen LogP contribution in [0.1, 0.15) is 16.1 Å². The van der Waals surface area contributed by atoms with E-state index in [9.17, 15) is 26.0 Å². The van der Waals surface area contributed by atoms with E-state index < -0.39 is 37.5 Å². The number of para-hydroxylation sites is 1. The fourth-order valence-electron chi connectivity index (χ4n) is 3.19. The summed E-state index contributed by atoms with van der Waals surface area (Å²) in [5, 5.41) is -0.135. The van der Waals surface area contributed by atoms with Crippen LogP contribution in [0.4, 0.5) is 17.6 Å². The van der Waals surface area contributed by atoms with Gasteiger partial charge >= 0.3 is 6.18 Å². The van der Waals surface area contributed by atoms with Crippen LogP contribution in [-0.4, -0.2) is 17.7 Å². The van der Waals surface area contributed by atoms with Gasteiger partial charge in [0.15, 0.2) is 0 Å². The van der Waals surface area contributed by atoms with Crippen molar-refractivity contribution in [1.82, 2.24) is 9.29 Å². The Bertz CT molecular complexity index is 1370. The third kappa shape index (κ3) is 5.19. The van der Waals surface area contributed by atoms with Crippen LogP contribution in [0.15, 0.2) is 71.6 Å². The second-order valence-electron chi connectivity index (χ2n) is 7.11. The predicted octanol–water partition coefficient (Wildman–Crippen LogP) is 6.50. The third-order valence-corrected chi connectivity index (χ3v) is 7.94. The molecule has 0 aliphatic heterocycles. The van der Waals surface area contributed by atoms with E-state index in [1.54, 1.807) is 12.1 Å². The molecule has 0 spiro atoms. The molecule has 0 aliphatic rings. The van der Waals surface area contributed by atoms with E-state index in [4.69, 9.17) is 11.6 Å². The smallest absolute Gasteiger partial charge is 0.240 e. The number of sulfonamides is 1. The second kappa shape index (κ2) is 9.02. The Morgan fingerprint density at radius 1 is 0.970 bits per heavy atom. The van der Waals surface area contributed by atoms with Crippen molar-refractivity contribution in [3.05, 3.63) is 93.7 Å². The van der Waals surface area contributed by atoms with Crippen LogP contribution in [0.5, 0.6) is 0 Å². The Morgan fingerprint density at radius 3 is 2.33 bits per heavy atom. The molecule has 1 aromatic heterocycles. The zero-order chi connectivity index (χ0) is 23.8. The van der Waals surface area contributed by atoms with Gasteiger partial charge in [0.2, 0.25) is 10.0 Å². The number of thiazole rings is 1. The van der Waals surface area contributed by atoms with Gasteiger partial charge in [-0.05, 0) is 48.0 Å². The Hall–Kier alpha value is -2.53. The lowest BCUT2D eigenvalue weighted by Crippen LogP contribution is -2.30. The second-order valence-corrected chi connectivity index (χ2v) is 10.6. The van der Waals surface area contributed by atoms with Gasteiger partial charge in [0.25, 0.3) is 0 Å². The molecule has 1 heterocycles. The first-order chi connectivity index (χ1) is 15.5. The number of rotatable bonds is 6. The van der Waals surface area contributed by atoms with E-state index >= 15 is 0 Å². The van der Waals surface area contributed by atoms with Gasteiger partial charge < -0.3 is 0 Å². The summed E-state index contributed by atoms with van der Waals surface area (Å²) in [7, 11) is -4.40. The zero-order valence-corrected chi connectivity index (χ0v) is 19.1. The monoisotopic (exact) mass is 514 g/mol. The van der Waals surface area contributed by atoms with Gasteiger partial charge in [0.05, 0.1) is 32.2 Å². The maximum Gasteiger partial charge on any atom is 0.417 e. The molecule has 0 unspecified atom stereocenters. The van der Waals surface area contributed by atoms with E-state index in [1.807, 2.05) is 12.1 Å². The number of nitrogens with zero attached hydrogens (tertiary/aromatic N) is 2. The number of halogens is 5. The summed E-state index contributed by atoms with van der Waals surface area (Å²) < 4.78 is 82.0. The summed E-state index contributed by atoms with van der Waals surface area (Å²) in [6, 6.07) is 14.9. The molecule has 0 bridgehead atoms. The first-order valence-electron chi connectivity index (χ1n) is 9.50. The van der Waals surface area contributed by atoms with Crippen molar-refractivity contribution in [2.45, 2.75) is 24.2 Å². The fourth-order valence-corrected chi connectivity index (χ4v) is 5.89. The normalized spacial score (nSPS) is 12.5. The van der Waals surface area contributed by atoms with Gasteiger partial charge in [-0.15, -0.1) is 11.3 Å². The zero-order valence-electron chi connectivity index (χ0n) is 16.7. The molecule has 172 valence electrons. The van der Waals surface area contributed by atoms with Gasteiger partial charge in [0.1, 0.15) is 10.8 Å². The Labute approximate surface area is 196 Å². The van der Waals surface area contributed by atoms with Crippen molar-refractivity contribution < 1.29 is 26.0 Å². The average molecular weight is 515 g/mol. The summed E-state index contributed by atoms with van der Waals surface area (Å²) in [5.41, 5.74) is -0.0967. The van der Waals surface area contributed by atoms with Gasteiger partial charge in [-0.2, -0.15) is 17.5 Å². The van der Waals surface area contributed by atoms with E-state index in [0.29, 0.717) is 22.2 Å². The highest BCUT2D eigenvalue weighted by molar-refractivity contribution is 7.89. The minimum absolute atomic E-state index is 0.178. The highest BCUT2D eigenvalue weighted by Gasteiger charge is 2.35. The van der Waals surface area contributed by atoms with Crippen molar-refractivity contribution in [3.8, 4) is 0 Å². The van der Waals surface area contributed by atoms with Gasteiger partial charge in [-0.3, -0.25) is 0 Å². The first-order valence-corrected chi connectivity index (χ1v) is 12.1. The molecule has 0 N–H and O–H groups in total. The molecule has 0 atom stereocenters. The maximum absolute atomic E-state index is 13.4. The van der Waals surface area contributed by atoms with E-state index in [-0.39, 0.29) is 13.1 Å². The topological polar surface area (TPSA) is 50.3 Å². The molecular weight excluding hydrogens is 500 g/mol. The number of fused-ring (bicyclic) bond motifs is 1. The Balaban J connectivity index is 1.76. The van der Waals surface area contributed by atoms with Crippen LogP contribution in [0.3, 0.4) is 0 Å². The lowest BCUT2D eigenvalue weighted by atomic mass is 10.2. The molecule has 0 amide bonds. The predicted molar refractivity (Wildman–Crippen MR) is 119 cm³/mol. The van der Waals surface area contributed by atoms with Crippen molar-refractivity contribution in [2.75, 3.05) is 0 Å². The van der Waals surface area contributed by atoms with Crippen LogP contribution >= 0.6 is 22.9 Å². The van der Waals surface area contributed by atoms with E-state index in [2.05, 4.69) is 4.98 Å². The van der Waals surface area contributed by atoms with Gasteiger partial charge in [-0.1, -0.05) is 35.9 Å². The number of alkyl halides is 3. The standard InChI is InChI=1S/C22H15ClF4N2O2S2/c23-18-10-9-16(11-17(18)22(25,26)27)33(30,31)29(12-14-5-7-15(24)8-6-14)13-21-28-19-3-1-2-4-20(19)32-21/h1-11H,12-13H2. The molecule has 0 saturated carbocycles. The summed E-state index contributed by atoms with van der Waals surface area (Å²) in [4.78, 5) is 3.88. The number of aromatic nitrogens is 1. The highest BCUT2D eigenvalue weighted by Crippen LogP contribution is 2.37. The summed E-state index contributed by atoms with van der Waals surface area (Å²) in [6.07, 6.45) is -4.82.